The Labute approximate surface area is 109 Å². The molecule has 1 rings (SSSR count). The summed E-state index contributed by atoms with van der Waals surface area (Å²) in [5, 5.41) is 0. The third-order valence-electron chi connectivity index (χ3n) is 2.96. The van der Waals surface area contributed by atoms with Gasteiger partial charge in [-0.1, -0.05) is 37.3 Å². The molecular weight excluding hydrogens is 224 g/mol. The van der Waals surface area contributed by atoms with Gasteiger partial charge in [0.15, 0.2) is 0 Å². The van der Waals surface area contributed by atoms with E-state index in [0.717, 1.165) is 12.0 Å². The smallest absolute Gasteiger partial charge is 0.239 e. The van der Waals surface area contributed by atoms with Gasteiger partial charge >= 0.3 is 0 Å². The topological polar surface area (TPSA) is 46.3 Å². The van der Waals surface area contributed by atoms with Crippen LogP contribution in [0.2, 0.25) is 0 Å². The summed E-state index contributed by atoms with van der Waals surface area (Å²) in [6, 6.07) is 7.82. The Morgan fingerprint density at radius 3 is 2.44 bits per heavy atom. The maximum atomic E-state index is 11.9. The van der Waals surface area contributed by atoms with Crippen LogP contribution in [-0.2, 0) is 17.8 Å². The lowest BCUT2D eigenvalue weighted by atomic mass is 10.1. The monoisotopic (exact) mass is 246 g/mol. The van der Waals surface area contributed by atoms with E-state index in [1.165, 1.54) is 5.56 Å². The van der Waals surface area contributed by atoms with Crippen LogP contribution in [0.5, 0.6) is 0 Å². The second-order valence-electron chi connectivity index (χ2n) is 4.50. The van der Waals surface area contributed by atoms with Crippen molar-refractivity contribution in [2.24, 2.45) is 5.73 Å². The van der Waals surface area contributed by atoms with E-state index >= 15 is 0 Å². The molecule has 0 aliphatic carbocycles. The number of aryl methyl sites for hydroxylation is 1. The fourth-order valence-corrected chi connectivity index (χ4v) is 1.80. The van der Waals surface area contributed by atoms with Crippen LogP contribution in [0.1, 0.15) is 24.5 Å². The van der Waals surface area contributed by atoms with Gasteiger partial charge < -0.3 is 10.6 Å². The summed E-state index contributed by atoms with van der Waals surface area (Å²) in [4.78, 5) is 13.6. The number of rotatable bonds is 6. The van der Waals surface area contributed by atoms with Crippen LogP contribution in [0.3, 0.4) is 0 Å². The molecule has 0 fully saturated rings. The lowest BCUT2D eigenvalue weighted by molar-refractivity contribution is -0.131. The Bertz CT molecular complexity index is 397. The Morgan fingerprint density at radius 1 is 1.39 bits per heavy atom. The number of likely N-dealkylation sites (N-methyl/N-ethyl adjacent to an activating group) is 1. The highest BCUT2D eigenvalue weighted by Crippen LogP contribution is 2.08. The molecule has 0 radical (unpaired) electrons. The zero-order chi connectivity index (χ0) is 13.5. The van der Waals surface area contributed by atoms with Crippen molar-refractivity contribution in [1.82, 2.24) is 4.90 Å². The summed E-state index contributed by atoms with van der Waals surface area (Å²) in [6.07, 6.45) is 3.21. The summed E-state index contributed by atoms with van der Waals surface area (Å²) in [7, 11) is 1.78. The summed E-state index contributed by atoms with van der Waals surface area (Å²) in [5.74, 6) is -0.0468. The molecule has 0 bridgehead atoms. The highest BCUT2D eigenvalue weighted by atomic mass is 16.2. The molecule has 0 aliphatic rings. The SMILES string of the molecule is C=CCC(N)C(=O)N(C)Cc1ccc(CC)cc1. The molecular formula is C15H22N2O. The summed E-state index contributed by atoms with van der Waals surface area (Å²) in [5.41, 5.74) is 8.19. The van der Waals surface area contributed by atoms with Crippen LogP contribution in [-0.4, -0.2) is 23.9 Å². The first kappa shape index (κ1) is 14.5. The van der Waals surface area contributed by atoms with E-state index in [-0.39, 0.29) is 5.91 Å². The van der Waals surface area contributed by atoms with Crippen molar-refractivity contribution in [2.75, 3.05) is 7.05 Å². The van der Waals surface area contributed by atoms with E-state index in [4.69, 9.17) is 5.73 Å². The quantitative estimate of drug-likeness (QED) is 0.781. The van der Waals surface area contributed by atoms with Crippen molar-refractivity contribution in [2.45, 2.75) is 32.4 Å². The summed E-state index contributed by atoms with van der Waals surface area (Å²) in [6.45, 7) is 6.31. The fraction of sp³-hybridized carbons (Fsp3) is 0.400. The van der Waals surface area contributed by atoms with Gasteiger partial charge in [-0.05, 0) is 24.0 Å². The zero-order valence-corrected chi connectivity index (χ0v) is 11.2. The molecule has 3 heteroatoms. The maximum Gasteiger partial charge on any atom is 0.239 e. The van der Waals surface area contributed by atoms with Crippen LogP contribution < -0.4 is 5.73 Å². The Morgan fingerprint density at radius 2 is 1.94 bits per heavy atom. The van der Waals surface area contributed by atoms with Crippen LogP contribution in [0.15, 0.2) is 36.9 Å². The standard InChI is InChI=1S/C15H22N2O/c1-4-6-14(16)15(18)17(3)11-13-9-7-12(5-2)8-10-13/h4,7-10,14H,1,5-6,11,16H2,2-3H3. The van der Waals surface area contributed by atoms with Crippen LogP contribution >= 0.6 is 0 Å². The van der Waals surface area contributed by atoms with Gasteiger partial charge in [-0.3, -0.25) is 4.79 Å². The van der Waals surface area contributed by atoms with Gasteiger partial charge in [0.1, 0.15) is 0 Å². The Balaban J connectivity index is 2.60. The van der Waals surface area contributed by atoms with Crippen LogP contribution in [0.25, 0.3) is 0 Å². The van der Waals surface area contributed by atoms with Gasteiger partial charge in [0.05, 0.1) is 6.04 Å². The van der Waals surface area contributed by atoms with Crippen molar-refractivity contribution in [3.63, 3.8) is 0 Å². The predicted octanol–water partition coefficient (Wildman–Crippen LogP) is 2.11. The third kappa shape index (κ3) is 4.00. The number of nitrogens with two attached hydrogens (primary N) is 1. The molecule has 3 nitrogen and oxygen atoms in total. The third-order valence-corrected chi connectivity index (χ3v) is 2.96. The second-order valence-corrected chi connectivity index (χ2v) is 4.50. The second kappa shape index (κ2) is 6.97. The number of amides is 1. The van der Waals surface area contributed by atoms with E-state index < -0.39 is 6.04 Å². The van der Waals surface area contributed by atoms with E-state index in [1.54, 1.807) is 18.0 Å². The van der Waals surface area contributed by atoms with Crippen molar-refractivity contribution >= 4 is 5.91 Å². The zero-order valence-electron chi connectivity index (χ0n) is 11.2. The summed E-state index contributed by atoms with van der Waals surface area (Å²) >= 11 is 0. The molecule has 1 amide bonds. The van der Waals surface area contributed by atoms with Gasteiger partial charge in [-0.25, -0.2) is 0 Å². The average Bonchev–Trinajstić information content (AvgIpc) is 2.39. The molecule has 0 aromatic heterocycles. The first-order valence-electron chi connectivity index (χ1n) is 6.27. The highest BCUT2D eigenvalue weighted by Gasteiger charge is 2.16. The van der Waals surface area contributed by atoms with Crippen molar-refractivity contribution in [3.8, 4) is 0 Å². The molecule has 0 saturated heterocycles. The molecule has 0 spiro atoms. The van der Waals surface area contributed by atoms with Crippen LogP contribution in [0, 0.1) is 0 Å². The van der Waals surface area contributed by atoms with Gasteiger partial charge in [0.2, 0.25) is 5.91 Å². The first-order valence-corrected chi connectivity index (χ1v) is 6.27. The lowest BCUT2D eigenvalue weighted by Gasteiger charge is -2.20. The number of hydrogen-bond acceptors (Lipinski definition) is 2. The first-order chi connectivity index (χ1) is 8.58. The molecule has 2 N–H and O–H groups in total. The largest absolute Gasteiger partial charge is 0.340 e. The molecule has 1 unspecified atom stereocenters. The van der Waals surface area contributed by atoms with Gasteiger partial charge in [-0.15, -0.1) is 6.58 Å². The molecule has 18 heavy (non-hydrogen) atoms. The number of benzene rings is 1. The molecule has 0 heterocycles. The Hall–Kier alpha value is -1.61. The Kier molecular flexibility index (Phi) is 5.59. The number of carbonyl (C=O) groups excluding carboxylic acids is 1. The molecule has 1 atom stereocenters. The highest BCUT2D eigenvalue weighted by molar-refractivity contribution is 5.81. The fourth-order valence-electron chi connectivity index (χ4n) is 1.80. The van der Waals surface area contributed by atoms with Crippen molar-refractivity contribution in [3.05, 3.63) is 48.0 Å². The predicted molar refractivity (Wildman–Crippen MR) is 75.1 cm³/mol. The van der Waals surface area contributed by atoms with E-state index in [9.17, 15) is 4.79 Å². The van der Waals surface area contributed by atoms with Gasteiger partial charge in [0.25, 0.3) is 0 Å². The summed E-state index contributed by atoms with van der Waals surface area (Å²) < 4.78 is 0. The van der Waals surface area contributed by atoms with Gasteiger partial charge in [0, 0.05) is 13.6 Å². The lowest BCUT2D eigenvalue weighted by Crippen LogP contribution is -2.41. The number of nitrogens with zero attached hydrogens (tertiary/aromatic N) is 1. The van der Waals surface area contributed by atoms with Crippen molar-refractivity contribution < 1.29 is 4.79 Å². The van der Waals surface area contributed by atoms with E-state index in [2.05, 4.69) is 37.8 Å². The minimum absolute atomic E-state index is 0.0468. The number of hydrogen-bond donors (Lipinski definition) is 1. The molecule has 1 aromatic carbocycles. The minimum atomic E-state index is -0.484. The van der Waals surface area contributed by atoms with Crippen molar-refractivity contribution in [1.29, 1.82) is 0 Å². The van der Waals surface area contributed by atoms with Gasteiger partial charge in [-0.2, -0.15) is 0 Å². The minimum Gasteiger partial charge on any atom is -0.340 e. The normalized spacial score (nSPS) is 11.9. The van der Waals surface area contributed by atoms with Crippen LogP contribution in [0.4, 0.5) is 0 Å². The molecule has 1 aromatic rings. The van der Waals surface area contributed by atoms with E-state index in [1.807, 2.05) is 0 Å². The number of carbonyl (C=O) groups is 1. The average molecular weight is 246 g/mol. The molecule has 98 valence electrons. The maximum absolute atomic E-state index is 11.9. The van der Waals surface area contributed by atoms with E-state index in [0.29, 0.717) is 13.0 Å². The molecule has 0 aliphatic heterocycles. The molecule has 0 saturated carbocycles.